The lowest BCUT2D eigenvalue weighted by Crippen LogP contribution is -2.45. The number of anilines is 1. The zero-order chi connectivity index (χ0) is 11.3. The van der Waals surface area contributed by atoms with Crippen LogP contribution in [0, 0.1) is 0 Å². The lowest BCUT2D eigenvalue weighted by atomic mass is 9.98. The molecule has 0 atom stereocenters. The van der Waals surface area contributed by atoms with Crippen LogP contribution in [0.15, 0.2) is 12.5 Å². The SMILES string of the molecule is CCC(CO)(CO)Nc1ncncc1Cl. The maximum atomic E-state index is 9.22. The predicted octanol–water partition coefficient (Wildman–Crippen LogP) is 0.675. The second kappa shape index (κ2) is 5.25. The molecule has 0 saturated heterocycles. The third-order valence-corrected chi connectivity index (χ3v) is 2.61. The van der Waals surface area contributed by atoms with Gasteiger partial charge in [-0.2, -0.15) is 0 Å². The maximum Gasteiger partial charge on any atom is 0.148 e. The standard InChI is InChI=1S/C9H14ClN3O2/c1-2-9(4-14,5-15)13-8-7(10)3-11-6-12-8/h3,6,14-15H,2,4-5H2,1H3,(H,11,12,13). The number of hydrogen-bond donors (Lipinski definition) is 3. The fourth-order valence-electron chi connectivity index (χ4n) is 1.10. The summed E-state index contributed by atoms with van der Waals surface area (Å²) in [4.78, 5) is 7.67. The van der Waals surface area contributed by atoms with Gasteiger partial charge in [-0.1, -0.05) is 18.5 Å². The highest BCUT2D eigenvalue weighted by molar-refractivity contribution is 6.32. The van der Waals surface area contributed by atoms with Crippen molar-refractivity contribution in [1.82, 2.24) is 9.97 Å². The minimum Gasteiger partial charge on any atom is -0.394 e. The summed E-state index contributed by atoms with van der Waals surface area (Å²) < 4.78 is 0. The van der Waals surface area contributed by atoms with Crippen molar-refractivity contribution in [3.63, 3.8) is 0 Å². The third-order valence-electron chi connectivity index (χ3n) is 2.33. The summed E-state index contributed by atoms with van der Waals surface area (Å²) in [5.74, 6) is 0.414. The van der Waals surface area contributed by atoms with Crippen molar-refractivity contribution in [3.8, 4) is 0 Å². The van der Waals surface area contributed by atoms with Crippen LogP contribution in [0.25, 0.3) is 0 Å². The molecule has 1 aromatic heterocycles. The highest BCUT2D eigenvalue weighted by Crippen LogP contribution is 2.22. The molecule has 0 aliphatic heterocycles. The highest BCUT2D eigenvalue weighted by Gasteiger charge is 2.27. The third kappa shape index (κ3) is 2.77. The number of hydrogen-bond acceptors (Lipinski definition) is 5. The van der Waals surface area contributed by atoms with Gasteiger partial charge in [0.15, 0.2) is 0 Å². The molecule has 1 heterocycles. The average Bonchev–Trinajstić information content (AvgIpc) is 2.29. The van der Waals surface area contributed by atoms with Gasteiger partial charge in [-0.05, 0) is 6.42 Å². The monoisotopic (exact) mass is 231 g/mol. The Morgan fingerprint density at radius 2 is 2.13 bits per heavy atom. The summed E-state index contributed by atoms with van der Waals surface area (Å²) in [6, 6.07) is 0. The van der Waals surface area contributed by atoms with E-state index < -0.39 is 5.54 Å². The molecule has 1 rings (SSSR count). The zero-order valence-corrected chi connectivity index (χ0v) is 9.20. The Morgan fingerprint density at radius 3 is 2.60 bits per heavy atom. The number of aromatic nitrogens is 2. The quantitative estimate of drug-likeness (QED) is 0.695. The van der Waals surface area contributed by atoms with E-state index in [9.17, 15) is 10.2 Å². The van der Waals surface area contributed by atoms with Gasteiger partial charge in [0.25, 0.3) is 0 Å². The van der Waals surface area contributed by atoms with Gasteiger partial charge in [-0.25, -0.2) is 9.97 Å². The van der Waals surface area contributed by atoms with Crippen LogP contribution >= 0.6 is 11.6 Å². The lowest BCUT2D eigenvalue weighted by molar-refractivity contribution is 0.132. The van der Waals surface area contributed by atoms with Gasteiger partial charge in [0, 0.05) is 0 Å². The Kier molecular flexibility index (Phi) is 4.26. The van der Waals surface area contributed by atoms with E-state index in [-0.39, 0.29) is 13.2 Å². The Hall–Kier alpha value is -0.910. The van der Waals surface area contributed by atoms with Crippen molar-refractivity contribution < 1.29 is 10.2 Å². The molecule has 0 amide bonds. The molecule has 6 heteroatoms. The molecule has 0 fully saturated rings. The van der Waals surface area contributed by atoms with Crippen LogP contribution in [-0.4, -0.2) is 38.9 Å². The topological polar surface area (TPSA) is 78.3 Å². The first-order valence-electron chi connectivity index (χ1n) is 4.63. The molecule has 0 unspecified atom stereocenters. The second-order valence-corrected chi connectivity index (χ2v) is 3.70. The molecule has 0 aromatic carbocycles. The number of nitrogens with one attached hydrogen (secondary N) is 1. The molecule has 0 bridgehead atoms. The van der Waals surface area contributed by atoms with Crippen molar-refractivity contribution in [1.29, 1.82) is 0 Å². The van der Waals surface area contributed by atoms with Crippen LogP contribution < -0.4 is 5.32 Å². The Morgan fingerprint density at radius 1 is 1.47 bits per heavy atom. The van der Waals surface area contributed by atoms with Crippen LogP contribution in [-0.2, 0) is 0 Å². The summed E-state index contributed by atoms with van der Waals surface area (Å²) in [6.45, 7) is 1.47. The van der Waals surface area contributed by atoms with Crippen LogP contribution in [0.2, 0.25) is 5.02 Å². The van der Waals surface area contributed by atoms with Gasteiger partial charge in [0.2, 0.25) is 0 Å². The summed E-state index contributed by atoms with van der Waals surface area (Å²) in [6.07, 6.45) is 3.36. The fraction of sp³-hybridized carbons (Fsp3) is 0.556. The molecular formula is C9H14ClN3O2. The Bertz CT molecular complexity index is 310. The van der Waals surface area contributed by atoms with Crippen molar-refractivity contribution >= 4 is 17.4 Å². The van der Waals surface area contributed by atoms with Gasteiger partial charge < -0.3 is 15.5 Å². The van der Waals surface area contributed by atoms with E-state index in [0.717, 1.165) is 0 Å². The minimum absolute atomic E-state index is 0.194. The summed E-state index contributed by atoms with van der Waals surface area (Å²) in [7, 11) is 0. The first kappa shape index (κ1) is 12.2. The van der Waals surface area contributed by atoms with Gasteiger partial charge in [0.1, 0.15) is 17.2 Å². The Labute approximate surface area is 93.1 Å². The molecule has 3 N–H and O–H groups in total. The molecule has 84 valence electrons. The van der Waals surface area contributed by atoms with E-state index in [0.29, 0.717) is 17.3 Å². The number of nitrogens with zero attached hydrogens (tertiary/aromatic N) is 2. The average molecular weight is 232 g/mol. The number of aliphatic hydroxyl groups excluding tert-OH is 2. The molecule has 0 radical (unpaired) electrons. The van der Waals surface area contributed by atoms with Gasteiger partial charge in [-0.15, -0.1) is 0 Å². The summed E-state index contributed by atoms with van der Waals surface area (Å²) >= 11 is 5.85. The van der Waals surface area contributed by atoms with E-state index in [2.05, 4.69) is 15.3 Å². The van der Waals surface area contributed by atoms with Crippen molar-refractivity contribution in [2.24, 2.45) is 0 Å². The first-order valence-corrected chi connectivity index (χ1v) is 5.00. The Balaban J connectivity index is 2.88. The molecule has 15 heavy (non-hydrogen) atoms. The number of aliphatic hydroxyl groups is 2. The van der Waals surface area contributed by atoms with Crippen molar-refractivity contribution in [2.45, 2.75) is 18.9 Å². The van der Waals surface area contributed by atoms with E-state index in [1.54, 1.807) is 0 Å². The van der Waals surface area contributed by atoms with Crippen LogP contribution in [0.3, 0.4) is 0 Å². The summed E-state index contributed by atoms with van der Waals surface area (Å²) in [5, 5.41) is 21.7. The molecular weight excluding hydrogens is 218 g/mol. The second-order valence-electron chi connectivity index (χ2n) is 3.29. The van der Waals surface area contributed by atoms with E-state index in [1.165, 1.54) is 12.5 Å². The van der Waals surface area contributed by atoms with Crippen LogP contribution in [0.4, 0.5) is 5.82 Å². The number of halogens is 1. The van der Waals surface area contributed by atoms with Gasteiger partial charge in [0.05, 0.1) is 24.9 Å². The molecule has 0 aliphatic carbocycles. The van der Waals surface area contributed by atoms with E-state index in [1.807, 2.05) is 6.92 Å². The normalized spacial score (nSPS) is 11.5. The summed E-state index contributed by atoms with van der Waals surface area (Å²) in [5.41, 5.74) is -0.794. The largest absolute Gasteiger partial charge is 0.394 e. The fourth-order valence-corrected chi connectivity index (χ4v) is 1.25. The van der Waals surface area contributed by atoms with Gasteiger partial charge in [-0.3, -0.25) is 0 Å². The first-order chi connectivity index (χ1) is 7.17. The molecule has 1 aromatic rings. The predicted molar refractivity (Wildman–Crippen MR) is 57.9 cm³/mol. The number of rotatable bonds is 5. The maximum absolute atomic E-state index is 9.22. The van der Waals surface area contributed by atoms with Gasteiger partial charge >= 0.3 is 0 Å². The smallest absolute Gasteiger partial charge is 0.148 e. The van der Waals surface area contributed by atoms with E-state index >= 15 is 0 Å². The lowest BCUT2D eigenvalue weighted by Gasteiger charge is -2.30. The van der Waals surface area contributed by atoms with E-state index in [4.69, 9.17) is 11.6 Å². The van der Waals surface area contributed by atoms with Crippen LogP contribution in [0.5, 0.6) is 0 Å². The molecule has 5 nitrogen and oxygen atoms in total. The molecule has 0 spiro atoms. The van der Waals surface area contributed by atoms with Crippen LogP contribution in [0.1, 0.15) is 13.3 Å². The molecule has 0 saturated carbocycles. The highest BCUT2D eigenvalue weighted by atomic mass is 35.5. The minimum atomic E-state index is -0.794. The van der Waals surface area contributed by atoms with Crippen molar-refractivity contribution in [2.75, 3.05) is 18.5 Å². The van der Waals surface area contributed by atoms with Crippen molar-refractivity contribution in [3.05, 3.63) is 17.5 Å². The molecule has 0 aliphatic rings. The zero-order valence-electron chi connectivity index (χ0n) is 8.44.